The predicted octanol–water partition coefficient (Wildman–Crippen LogP) is 4.63. The smallest absolute Gasteiger partial charge is 0.331 e. The maximum absolute atomic E-state index is 14.5. The number of ketones is 1. The van der Waals surface area contributed by atoms with Crippen LogP contribution in [0.2, 0.25) is 0 Å². The summed E-state index contributed by atoms with van der Waals surface area (Å²) in [6.45, 7) is 11.1. The van der Waals surface area contributed by atoms with Gasteiger partial charge in [-0.05, 0) is 60.5 Å². The topological polar surface area (TPSA) is 110 Å². The summed E-state index contributed by atoms with van der Waals surface area (Å²) in [4.78, 5) is 39.1. The van der Waals surface area contributed by atoms with Crippen molar-refractivity contribution in [3.05, 3.63) is 47.6 Å². The summed E-state index contributed by atoms with van der Waals surface area (Å²) in [5, 5.41) is 24.3. The molecule has 1 spiro atoms. The fourth-order valence-corrected chi connectivity index (χ4v) is 7.74. The predicted molar refractivity (Wildman–Crippen MR) is 147 cm³/mol. The lowest BCUT2D eigenvalue weighted by atomic mass is 9.59. The van der Waals surface area contributed by atoms with Crippen LogP contribution in [0.4, 0.5) is 0 Å². The highest BCUT2D eigenvalue weighted by Gasteiger charge is 2.76. The number of ether oxygens (including phenoxy) is 2. The highest BCUT2D eigenvalue weighted by atomic mass is 16.6. The maximum Gasteiger partial charge on any atom is 0.331 e. The number of hydrogen-bond acceptors (Lipinski definition) is 7. The molecular formula is C32H44O7. The van der Waals surface area contributed by atoms with Gasteiger partial charge in [-0.3, -0.25) is 9.59 Å². The summed E-state index contributed by atoms with van der Waals surface area (Å²) in [5.74, 6) is -1.92. The molecule has 2 N–H and O–H groups in total. The van der Waals surface area contributed by atoms with Gasteiger partial charge in [0.1, 0.15) is 12.7 Å². The monoisotopic (exact) mass is 540 g/mol. The number of rotatable bonds is 9. The second-order valence-electron chi connectivity index (χ2n) is 12.6. The number of Topliss-reactive ketones (excluding diaryl/α,β-unsaturated/α-hetero) is 1. The van der Waals surface area contributed by atoms with E-state index in [1.54, 1.807) is 31.2 Å². The lowest BCUT2D eigenvalue weighted by Crippen LogP contribution is -2.65. The molecular weight excluding hydrogens is 496 g/mol. The van der Waals surface area contributed by atoms with Gasteiger partial charge in [-0.25, -0.2) is 4.79 Å². The number of aliphatic hydroxyl groups excluding tert-OH is 1. The molecule has 0 saturated heterocycles. The fourth-order valence-electron chi connectivity index (χ4n) is 7.74. The molecule has 2 saturated carbocycles. The van der Waals surface area contributed by atoms with Crippen LogP contribution in [0.5, 0.6) is 0 Å². The molecule has 0 radical (unpaired) electrons. The quantitative estimate of drug-likeness (QED) is 0.144. The van der Waals surface area contributed by atoms with Gasteiger partial charge in [-0.1, -0.05) is 70.9 Å². The van der Waals surface area contributed by atoms with Gasteiger partial charge in [-0.15, -0.1) is 0 Å². The lowest BCUT2D eigenvalue weighted by molar-refractivity contribution is -0.201. The van der Waals surface area contributed by atoms with Crippen LogP contribution in [0.15, 0.2) is 47.6 Å². The van der Waals surface area contributed by atoms with Crippen LogP contribution in [0.1, 0.15) is 73.6 Å². The average Bonchev–Trinajstić information content (AvgIpc) is 3.36. The summed E-state index contributed by atoms with van der Waals surface area (Å²) in [6, 6.07) is 0. The highest BCUT2D eigenvalue weighted by Crippen LogP contribution is 2.71. The molecule has 4 aliphatic carbocycles. The van der Waals surface area contributed by atoms with Crippen LogP contribution in [0.3, 0.4) is 0 Å². The summed E-state index contributed by atoms with van der Waals surface area (Å²) < 4.78 is 11.1. The van der Waals surface area contributed by atoms with Crippen LogP contribution < -0.4 is 0 Å². The molecule has 0 heterocycles. The molecule has 4 aliphatic rings. The minimum absolute atomic E-state index is 0.0519. The molecule has 0 aromatic carbocycles. The third-order valence-corrected chi connectivity index (χ3v) is 9.84. The zero-order valence-corrected chi connectivity index (χ0v) is 24.1. The van der Waals surface area contributed by atoms with Gasteiger partial charge in [0.25, 0.3) is 0 Å². The van der Waals surface area contributed by atoms with Gasteiger partial charge >= 0.3 is 11.9 Å². The third kappa shape index (κ3) is 4.76. The Hall–Kier alpha value is -2.51. The van der Waals surface area contributed by atoms with Gasteiger partial charge in [0.15, 0.2) is 17.5 Å². The van der Waals surface area contributed by atoms with Crippen LogP contribution in [-0.2, 0) is 23.9 Å². The number of hydrogen-bond donors (Lipinski definition) is 2. The largest absolute Gasteiger partial charge is 0.461 e. The second-order valence-corrected chi connectivity index (χ2v) is 12.6. The average molecular weight is 541 g/mol. The number of esters is 2. The summed E-state index contributed by atoms with van der Waals surface area (Å²) >= 11 is 0. The van der Waals surface area contributed by atoms with Gasteiger partial charge in [0.05, 0.1) is 5.41 Å². The van der Waals surface area contributed by atoms with Gasteiger partial charge in [0, 0.05) is 18.9 Å². The van der Waals surface area contributed by atoms with Crippen LogP contribution in [-0.4, -0.2) is 52.4 Å². The number of fused-ring (bicyclic) bond motifs is 3. The molecule has 4 rings (SSSR count). The van der Waals surface area contributed by atoms with Crippen molar-refractivity contribution in [2.75, 3.05) is 6.61 Å². The third-order valence-electron chi connectivity index (χ3n) is 9.84. The molecule has 2 bridgehead atoms. The Bertz CT molecular complexity index is 1130. The molecule has 7 nitrogen and oxygen atoms in total. The van der Waals surface area contributed by atoms with E-state index in [-0.39, 0.29) is 41.1 Å². The van der Waals surface area contributed by atoms with Gasteiger partial charge in [-0.2, -0.15) is 0 Å². The van der Waals surface area contributed by atoms with Gasteiger partial charge < -0.3 is 19.7 Å². The van der Waals surface area contributed by atoms with E-state index in [0.717, 1.165) is 25.7 Å². The molecule has 39 heavy (non-hydrogen) atoms. The molecule has 0 unspecified atom stereocenters. The van der Waals surface area contributed by atoms with E-state index >= 15 is 0 Å². The minimum Gasteiger partial charge on any atom is -0.461 e. The van der Waals surface area contributed by atoms with Crippen LogP contribution in [0, 0.1) is 34.5 Å². The molecule has 8 atom stereocenters. The Labute approximate surface area is 232 Å². The first-order chi connectivity index (χ1) is 18.3. The number of carbonyl (C=O) groups excluding carboxylic acids is 3. The van der Waals surface area contributed by atoms with Crippen molar-refractivity contribution in [1.82, 2.24) is 0 Å². The van der Waals surface area contributed by atoms with E-state index in [1.807, 2.05) is 13.0 Å². The molecule has 0 amide bonds. The normalized spacial score (nSPS) is 38.4. The van der Waals surface area contributed by atoms with Crippen molar-refractivity contribution in [3.8, 4) is 0 Å². The zero-order chi connectivity index (χ0) is 28.8. The Morgan fingerprint density at radius 3 is 2.59 bits per heavy atom. The fraction of sp³-hybridized carbons (Fsp3) is 0.656. The van der Waals surface area contributed by atoms with Crippen molar-refractivity contribution in [1.29, 1.82) is 0 Å². The van der Waals surface area contributed by atoms with E-state index in [2.05, 4.69) is 20.8 Å². The first-order valence-electron chi connectivity index (χ1n) is 14.4. The van der Waals surface area contributed by atoms with Crippen molar-refractivity contribution in [3.63, 3.8) is 0 Å². The second kappa shape index (κ2) is 10.8. The minimum atomic E-state index is -2.14. The highest BCUT2D eigenvalue weighted by molar-refractivity contribution is 5.95. The lowest BCUT2D eigenvalue weighted by Gasteiger charge is -2.48. The van der Waals surface area contributed by atoms with E-state index in [1.165, 1.54) is 13.0 Å². The van der Waals surface area contributed by atoms with Crippen LogP contribution >= 0.6 is 0 Å². The molecule has 0 aromatic heterocycles. The van der Waals surface area contributed by atoms with Gasteiger partial charge in [0.2, 0.25) is 0 Å². The number of unbranched alkanes of at least 4 members (excludes halogenated alkanes) is 3. The molecule has 7 heteroatoms. The van der Waals surface area contributed by atoms with E-state index in [4.69, 9.17) is 9.47 Å². The van der Waals surface area contributed by atoms with Crippen molar-refractivity contribution in [2.24, 2.45) is 34.5 Å². The first kappa shape index (κ1) is 29.5. The molecule has 0 aliphatic heterocycles. The van der Waals surface area contributed by atoms with E-state index < -0.39 is 41.1 Å². The number of carbonyl (C=O) groups is 3. The van der Waals surface area contributed by atoms with Crippen molar-refractivity contribution >= 4 is 17.7 Å². The molecule has 0 aromatic rings. The van der Waals surface area contributed by atoms with E-state index in [9.17, 15) is 24.6 Å². The van der Waals surface area contributed by atoms with E-state index in [0.29, 0.717) is 12.0 Å². The first-order valence-corrected chi connectivity index (χ1v) is 14.4. The molecule has 2 fully saturated rings. The van der Waals surface area contributed by atoms with Crippen molar-refractivity contribution < 1.29 is 34.1 Å². The Balaban J connectivity index is 1.69. The van der Waals surface area contributed by atoms with Crippen LogP contribution in [0.25, 0.3) is 0 Å². The summed E-state index contributed by atoms with van der Waals surface area (Å²) in [5.41, 5.74) is -2.87. The number of allylic oxidation sites excluding steroid dienone is 4. The zero-order valence-electron chi connectivity index (χ0n) is 24.1. The standard InChI is InChI=1S/C32H44O7/c1-7-8-9-10-11-12-13-14-25(34)39-29-19(2)17-31-20(3)15-24-26(30(24,5)6)23(28(31)36)16-22(18-38-21(4)33)27(35)32(29,31)37/h11-14,16-17,20,23-24,26-27,29,35,37H,7-10,15,18H2,1-6H3/b12-11+,14-13-/t20-,23+,24-,26+,27-,29+,31+,32+/m0/s1. The maximum atomic E-state index is 14.5. The Morgan fingerprint density at radius 2 is 1.92 bits per heavy atom. The van der Waals surface area contributed by atoms with Crippen molar-refractivity contribution in [2.45, 2.75) is 91.5 Å². The molecule has 214 valence electrons. The summed E-state index contributed by atoms with van der Waals surface area (Å²) in [7, 11) is 0. The summed E-state index contributed by atoms with van der Waals surface area (Å²) in [6.07, 6.45) is 12.3. The Morgan fingerprint density at radius 1 is 1.21 bits per heavy atom. The Kier molecular flexibility index (Phi) is 8.17. The number of aliphatic hydroxyl groups is 2. The SMILES string of the molecule is CCCCC/C=C/C=C\C(=O)O[C@@H]1C(C)=C[C@@]23C(=O)[C@H](C=C(COC(C)=O)[C@H](O)[C@@]12O)[C@@H]1[C@H](C[C@@H]3C)C1(C)C.